The van der Waals surface area contributed by atoms with Gasteiger partial charge in [0.1, 0.15) is 6.29 Å². The van der Waals surface area contributed by atoms with E-state index in [0.29, 0.717) is 11.1 Å². The number of methoxy groups -OCH3 is 1. The zero-order valence-electron chi connectivity index (χ0n) is 9.06. The zero-order chi connectivity index (χ0) is 11.7. The van der Waals surface area contributed by atoms with Crippen molar-refractivity contribution in [3.63, 3.8) is 0 Å². The highest BCUT2D eigenvalue weighted by atomic mass is 16.5. The second-order valence-electron chi connectivity index (χ2n) is 3.54. The number of hydrogen-bond donors (Lipinski definition) is 0. The molecule has 4 heteroatoms. The average molecular weight is 217 g/mol. The Balaban J connectivity index is 2.81. The van der Waals surface area contributed by atoms with Crippen LogP contribution in [-0.4, -0.2) is 23.9 Å². The van der Waals surface area contributed by atoms with Crippen LogP contribution in [0.25, 0.3) is 10.9 Å². The van der Waals surface area contributed by atoms with Gasteiger partial charge in [0.05, 0.1) is 18.2 Å². The molecule has 1 aromatic carbocycles. The third-order valence-electron chi connectivity index (χ3n) is 2.53. The van der Waals surface area contributed by atoms with Gasteiger partial charge in [-0.15, -0.1) is 0 Å². The van der Waals surface area contributed by atoms with E-state index >= 15 is 0 Å². The van der Waals surface area contributed by atoms with Crippen molar-refractivity contribution in [2.24, 2.45) is 7.05 Å². The van der Waals surface area contributed by atoms with E-state index in [0.717, 1.165) is 17.2 Å². The van der Waals surface area contributed by atoms with E-state index in [2.05, 4.69) is 0 Å². The van der Waals surface area contributed by atoms with Crippen LogP contribution < -0.4 is 0 Å². The van der Waals surface area contributed by atoms with E-state index in [1.165, 1.54) is 7.11 Å². The molecule has 0 fully saturated rings. The van der Waals surface area contributed by atoms with Crippen LogP contribution in [0.2, 0.25) is 0 Å². The first kappa shape index (κ1) is 10.4. The number of nitrogens with zero attached hydrogens (tertiary/aromatic N) is 1. The predicted octanol–water partition coefficient (Wildman–Crippen LogP) is 1.78. The van der Waals surface area contributed by atoms with Crippen LogP contribution in [0.4, 0.5) is 0 Å². The fourth-order valence-electron chi connectivity index (χ4n) is 1.80. The van der Waals surface area contributed by atoms with Crippen molar-refractivity contribution in [3.8, 4) is 0 Å². The van der Waals surface area contributed by atoms with E-state index in [9.17, 15) is 9.59 Å². The normalized spacial score (nSPS) is 10.4. The maximum Gasteiger partial charge on any atom is 0.340 e. The van der Waals surface area contributed by atoms with Gasteiger partial charge in [0.15, 0.2) is 0 Å². The Morgan fingerprint density at radius 1 is 1.44 bits per heavy atom. The molecule has 1 aromatic heterocycles. The molecule has 16 heavy (non-hydrogen) atoms. The van der Waals surface area contributed by atoms with Gasteiger partial charge in [-0.05, 0) is 18.2 Å². The number of carbonyl (C=O) groups is 2. The highest BCUT2D eigenvalue weighted by Crippen LogP contribution is 2.22. The molecule has 0 bridgehead atoms. The van der Waals surface area contributed by atoms with Gasteiger partial charge in [-0.1, -0.05) is 0 Å². The van der Waals surface area contributed by atoms with Gasteiger partial charge in [0.2, 0.25) is 0 Å². The van der Waals surface area contributed by atoms with Gasteiger partial charge in [0.25, 0.3) is 0 Å². The summed E-state index contributed by atoms with van der Waals surface area (Å²) in [6.07, 6.45) is 2.56. The molecule has 0 radical (unpaired) electrons. The summed E-state index contributed by atoms with van der Waals surface area (Å²) in [5.41, 5.74) is 1.66. The molecule has 0 saturated heterocycles. The Morgan fingerprint density at radius 2 is 2.19 bits per heavy atom. The van der Waals surface area contributed by atoms with Crippen molar-refractivity contribution in [1.82, 2.24) is 4.57 Å². The topological polar surface area (TPSA) is 48.3 Å². The minimum atomic E-state index is -0.435. The zero-order valence-corrected chi connectivity index (χ0v) is 9.06. The third kappa shape index (κ3) is 1.48. The van der Waals surface area contributed by atoms with Crippen LogP contribution >= 0.6 is 0 Å². The molecule has 0 aliphatic rings. The van der Waals surface area contributed by atoms with E-state index in [1.807, 2.05) is 23.9 Å². The van der Waals surface area contributed by atoms with Gasteiger partial charge in [-0.25, -0.2) is 4.79 Å². The van der Waals surface area contributed by atoms with Crippen LogP contribution in [0.3, 0.4) is 0 Å². The van der Waals surface area contributed by atoms with Gasteiger partial charge in [0, 0.05) is 24.2 Å². The van der Waals surface area contributed by atoms with E-state index < -0.39 is 5.97 Å². The molecule has 0 aliphatic heterocycles. The monoisotopic (exact) mass is 217 g/mol. The van der Waals surface area contributed by atoms with Crippen LogP contribution in [-0.2, 0) is 11.8 Å². The largest absolute Gasteiger partial charge is 0.465 e. The lowest BCUT2D eigenvalue weighted by molar-refractivity contribution is 0.0602. The lowest BCUT2D eigenvalue weighted by Gasteiger charge is -2.05. The summed E-state index contributed by atoms with van der Waals surface area (Å²) in [5.74, 6) is -0.435. The average Bonchev–Trinajstić information content (AvgIpc) is 2.69. The van der Waals surface area contributed by atoms with Crippen LogP contribution in [0.1, 0.15) is 20.7 Å². The number of carbonyl (C=O) groups excluding carboxylic acids is 2. The number of esters is 1. The van der Waals surface area contributed by atoms with Gasteiger partial charge >= 0.3 is 5.97 Å². The fourth-order valence-corrected chi connectivity index (χ4v) is 1.80. The minimum Gasteiger partial charge on any atom is -0.465 e. The molecule has 2 rings (SSSR count). The molecule has 1 heterocycles. The van der Waals surface area contributed by atoms with Crippen molar-refractivity contribution < 1.29 is 14.3 Å². The molecule has 0 amide bonds. The molecule has 4 nitrogen and oxygen atoms in total. The fraction of sp³-hybridized carbons (Fsp3) is 0.167. The molecule has 0 atom stereocenters. The van der Waals surface area contributed by atoms with Crippen LogP contribution in [0.5, 0.6) is 0 Å². The second-order valence-corrected chi connectivity index (χ2v) is 3.54. The molecule has 0 spiro atoms. The molecular formula is C12H11NO3. The quantitative estimate of drug-likeness (QED) is 0.569. The summed E-state index contributed by atoms with van der Waals surface area (Å²) in [6, 6.07) is 5.14. The second kappa shape index (κ2) is 3.81. The first-order chi connectivity index (χ1) is 7.67. The van der Waals surface area contributed by atoms with Crippen LogP contribution in [0.15, 0.2) is 24.4 Å². The van der Waals surface area contributed by atoms with Crippen molar-refractivity contribution in [2.45, 2.75) is 0 Å². The summed E-state index contributed by atoms with van der Waals surface area (Å²) < 4.78 is 6.53. The lowest BCUT2D eigenvalue weighted by Crippen LogP contribution is -2.05. The summed E-state index contributed by atoms with van der Waals surface area (Å²) in [5, 5.41) is 0.854. The highest BCUT2D eigenvalue weighted by molar-refractivity contribution is 6.05. The molecule has 82 valence electrons. The van der Waals surface area contributed by atoms with Crippen LogP contribution in [0, 0.1) is 0 Å². The summed E-state index contributed by atoms with van der Waals surface area (Å²) >= 11 is 0. The van der Waals surface area contributed by atoms with E-state index in [4.69, 9.17) is 4.74 Å². The molecule has 0 unspecified atom stereocenters. The number of aryl methyl sites for hydroxylation is 1. The summed E-state index contributed by atoms with van der Waals surface area (Å²) in [6.45, 7) is 0. The molecular weight excluding hydrogens is 206 g/mol. The van der Waals surface area contributed by atoms with Crippen molar-refractivity contribution in [3.05, 3.63) is 35.5 Å². The lowest BCUT2D eigenvalue weighted by atomic mass is 10.1. The number of benzene rings is 1. The number of rotatable bonds is 2. The Labute approximate surface area is 92.4 Å². The SMILES string of the molecule is COC(=O)c1cc(C=O)cc2ccn(C)c12. The highest BCUT2D eigenvalue weighted by Gasteiger charge is 2.14. The van der Waals surface area contributed by atoms with Crippen molar-refractivity contribution in [2.75, 3.05) is 7.11 Å². The maximum absolute atomic E-state index is 11.6. The van der Waals surface area contributed by atoms with Crippen molar-refractivity contribution in [1.29, 1.82) is 0 Å². The number of aromatic nitrogens is 1. The summed E-state index contributed by atoms with van der Waals surface area (Å²) in [7, 11) is 3.17. The Hall–Kier alpha value is -2.10. The number of ether oxygens (including phenoxy) is 1. The minimum absolute atomic E-state index is 0.412. The summed E-state index contributed by atoms with van der Waals surface area (Å²) in [4.78, 5) is 22.4. The Morgan fingerprint density at radius 3 is 2.81 bits per heavy atom. The number of fused-ring (bicyclic) bond motifs is 1. The Bertz CT molecular complexity index is 569. The molecule has 0 saturated carbocycles. The first-order valence-corrected chi connectivity index (χ1v) is 4.80. The van der Waals surface area contributed by atoms with Crippen molar-refractivity contribution >= 4 is 23.2 Å². The number of hydrogen-bond acceptors (Lipinski definition) is 3. The van der Waals surface area contributed by atoms with Gasteiger partial charge in [-0.2, -0.15) is 0 Å². The third-order valence-corrected chi connectivity index (χ3v) is 2.53. The van der Waals surface area contributed by atoms with Gasteiger partial charge < -0.3 is 9.30 Å². The number of aldehydes is 1. The maximum atomic E-state index is 11.6. The molecule has 0 aliphatic carbocycles. The molecule has 0 N–H and O–H groups in total. The van der Waals surface area contributed by atoms with E-state index in [-0.39, 0.29) is 0 Å². The molecule has 2 aromatic rings. The van der Waals surface area contributed by atoms with E-state index in [1.54, 1.807) is 12.1 Å². The van der Waals surface area contributed by atoms with Gasteiger partial charge in [-0.3, -0.25) is 4.79 Å². The smallest absolute Gasteiger partial charge is 0.340 e. The standard InChI is InChI=1S/C12H11NO3/c1-13-4-3-9-5-8(7-14)6-10(11(9)13)12(15)16-2/h3-7H,1-2H3. The predicted molar refractivity (Wildman–Crippen MR) is 59.6 cm³/mol. The first-order valence-electron chi connectivity index (χ1n) is 4.80. The Kier molecular flexibility index (Phi) is 2.48.